The van der Waals surface area contributed by atoms with Crippen molar-refractivity contribution in [3.63, 3.8) is 0 Å². The fraction of sp³-hybridized carbons (Fsp3) is 0.929. The molecule has 1 amide bonds. The third-order valence-electron chi connectivity index (χ3n) is 4.59. The lowest BCUT2D eigenvalue weighted by Crippen LogP contribution is -2.58. The first-order chi connectivity index (χ1) is 7.83. The van der Waals surface area contributed by atoms with E-state index in [0.717, 1.165) is 31.6 Å². The number of nitrogens with two attached hydrogens (primary N) is 1. The zero-order valence-electron chi connectivity index (χ0n) is 11.4. The molecule has 0 bridgehead atoms. The lowest BCUT2D eigenvalue weighted by Gasteiger charge is -2.43. The predicted octanol–water partition coefficient (Wildman–Crippen LogP) is 2.20. The van der Waals surface area contributed by atoms with Gasteiger partial charge in [0.15, 0.2) is 0 Å². The van der Waals surface area contributed by atoms with Gasteiger partial charge in [-0.25, -0.2) is 0 Å². The van der Waals surface area contributed by atoms with Crippen molar-refractivity contribution in [2.24, 2.45) is 17.1 Å². The molecule has 2 fully saturated rings. The molecule has 2 saturated carbocycles. The summed E-state index contributed by atoms with van der Waals surface area (Å²) < 4.78 is 0. The van der Waals surface area contributed by atoms with E-state index in [1.54, 1.807) is 0 Å². The van der Waals surface area contributed by atoms with Gasteiger partial charge < -0.3 is 11.1 Å². The number of hydrogen-bond donors (Lipinski definition) is 2. The molecule has 0 aromatic heterocycles. The van der Waals surface area contributed by atoms with Gasteiger partial charge >= 0.3 is 0 Å². The highest BCUT2D eigenvalue weighted by Gasteiger charge is 2.45. The van der Waals surface area contributed by atoms with Gasteiger partial charge in [0, 0.05) is 6.04 Å². The average Bonchev–Trinajstić information content (AvgIpc) is 3.00. The topological polar surface area (TPSA) is 55.1 Å². The van der Waals surface area contributed by atoms with E-state index in [2.05, 4.69) is 26.1 Å². The zero-order valence-corrected chi connectivity index (χ0v) is 11.4. The highest BCUT2D eigenvalue weighted by atomic mass is 16.1. The number of carbonyl (C=O) groups is 1. The van der Waals surface area contributed by atoms with Gasteiger partial charge in [-0.2, -0.15) is 0 Å². The fourth-order valence-electron chi connectivity index (χ4n) is 3.06. The number of nitrogens with one attached hydrogen (secondary N) is 1. The molecule has 0 heterocycles. The third kappa shape index (κ3) is 2.82. The van der Waals surface area contributed by atoms with Gasteiger partial charge in [0.2, 0.25) is 5.91 Å². The summed E-state index contributed by atoms with van der Waals surface area (Å²) in [7, 11) is 0. The largest absolute Gasteiger partial charge is 0.368 e. The molecule has 0 saturated heterocycles. The maximum atomic E-state index is 11.8. The van der Waals surface area contributed by atoms with Crippen LogP contribution in [-0.4, -0.2) is 17.5 Å². The first kappa shape index (κ1) is 12.9. The monoisotopic (exact) mass is 238 g/mol. The van der Waals surface area contributed by atoms with Crippen molar-refractivity contribution in [3.8, 4) is 0 Å². The quantitative estimate of drug-likeness (QED) is 0.792. The Balaban J connectivity index is 2.00. The lowest BCUT2D eigenvalue weighted by atomic mass is 9.67. The Morgan fingerprint density at radius 3 is 2.06 bits per heavy atom. The molecule has 0 aliphatic heterocycles. The highest BCUT2D eigenvalue weighted by Crippen LogP contribution is 2.42. The molecule has 3 heteroatoms. The number of amides is 1. The Morgan fingerprint density at radius 2 is 1.71 bits per heavy atom. The molecular formula is C14H26N2O. The smallest absolute Gasteiger partial charge is 0.237 e. The van der Waals surface area contributed by atoms with E-state index in [1.807, 2.05) is 0 Å². The van der Waals surface area contributed by atoms with Crippen molar-refractivity contribution in [2.75, 3.05) is 0 Å². The summed E-state index contributed by atoms with van der Waals surface area (Å²) in [4.78, 5) is 11.8. The lowest BCUT2D eigenvalue weighted by molar-refractivity contribution is -0.126. The van der Waals surface area contributed by atoms with E-state index in [4.69, 9.17) is 5.73 Å². The molecule has 2 rings (SSSR count). The van der Waals surface area contributed by atoms with Crippen molar-refractivity contribution in [2.45, 2.75) is 70.9 Å². The van der Waals surface area contributed by atoms with Crippen LogP contribution in [-0.2, 0) is 4.79 Å². The van der Waals surface area contributed by atoms with E-state index in [0.29, 0.717) is 11.5 Å². The van der Waals surface area contributed by atoms with E-state index in [9.17, 15) is 4.79 Å². The van der Waals surface area contributed by atoms with Crippen LogP contribution in [0.4, 0.5) is 0 Å². The summed E-state index contributed by atoms with van der Waals surface area (Å²) in [5.41, 5.74) is 5.58. The molecule has 0 unspecified atom stereocenters. The van der Waals surface area contributed by atoms with Crippen molar-refractivity contribution in [1.82, 2.24) is 5.32 Å². The Kier molecular flexibility index (Phi) is 3.23. The Morgan fingerprint density at radius 1 is 1.18 bits per heavy atom. The summed E-state index contributed by atoms with van der Waals surface area (Å²) in [5, 5.41) is 3.50. The number of carbonyl (C=O) groups excluding carboxylic acids is 1. The average molecular weight is 238 g/mol. The second kappa shape index (κ2) is 4.27. The summed E-state index contributed by atoms with van der Waals surface area (Å²) in [6.07, 6.45) is 6.48. The number of rotatable bonds is 3. The molecular weight excluding hydrogens is 212 g/mol. The van der Waals surface area contributed by atoms with Gasteiger partial charge in [0.05, 0.1) is 5.54 Å². The second-order valence-electron chi connectivity index (χ2n) is 7.01. The van der Waals surface area contributed by atoms with E-state index in [1.165, 1.54) is 12.8 Å². The summed E-state index contributed by atoms with van der Waals surface area (Å²) in [5.74, 6) is 0.577. The van der Waals surface area contributed by atoms with Crippen molar-refractivity contribution in [3.05, 3.63) is 0 Å². The molecule has 0 spiro atoms. The minimum Gasteiger partial charge on any atom is -0.368 e. The van der Waals surface area contributed by atoms with E-state index >= 15 is 0 Å². The van der Waals surface area contributed by atoms with Crippen LogP contribution < -0.4 is 11.1 Å². The van der Waals surface area contributed by atoms with Crippen molar-refractivity contribution < 1.29 is 4.79 Å². The molecule has 98 valence electrons. The molecule has 2 aliphatic rings. The summed E-state index contributed by atoms with van der Waals surface area (Å²) in [6.45, 7) is 6.88. The molecule has 3 N–H and O–H groups in total. The van der Waals surface area contributed by atoms with Crippen LogP contribution in [0.1, 0.15) is 59.3 Å². The van der Waals surface area contributed by atoms with Crippen LogP contribution in [0.25, 0.3) is 0 Å². The molecule has 3 nitrogen and oxygen atoms in total. The van der Waals surface area contributed by atoms with Gasteiger partial charge in [-0.15, -0.1) is 0 Å². The van der Waals surface area contributed by atoms with Crippen LogP contribution in [0.2, 0.25) is 0 Å². The molecule has 0 atom stereocenters. The minimum atomic E-state index is -0.400. The molecule has 17 heavy (non-hydrogen) atoms. The zero-order chi connectivity index (χ0) is 12.7. The predicted molar refractivity (Wildman–Crippen MR) is 69.5 cm³/mol. The third-order valence-corrected chi connectivity index (χ3v) is 4.59. The van der Waals surface area contributed by atoms with Crippen LogP contribution in [0.15, 0.2) is 0 Å². The van der Waals surface area contributed by atoms with Crippen LogP contribution in [0.5, 0.6) is 0 Å². The fourth-order valence-corrected chi connectivity index (χ4v) is 3.06. The second-order valence-corrected chi connectivity index (χ2v) is 7.01. The molecule has 0 aromatic carbocycles. The normalized spacial score (nSPS) is 34.6. The molecule has 2 aliphatic carbocycles. The Labute approximate surface area is 105 Å². The van der Waals surface area contributed by atoms with Crippen LogP contribution >= 0.6 is 0 Å². The van der Waals surface area contributed by atoms with Gasteiger partial charge in [-0.3, -0.25) is 4.79 Å². The minimum absolute atomic E-state index is 0.142. The first-order valence-corrected chi connectivity index (χ1v) is 6.91. The SMILES string of the molecule is CC(C)(C)C1CCC(NC2CC2)(C(N)=O)CC1. The first-order valence-electron chi connectivity index (χ1n) is 6.91. The van der Waals surface area contributed by atoms with Crippen molar-refractivity contribution >= 4 is 5.91 Å². The van der Waals surface area contributed by atoms with Gasteiger partial charge in [-0.1, -0.05) is 20.8 Å². The van der Waals surface area contributed by atoms with E-state index < -0.39 is 5.54 Å². The summed E-state index contributed by atoms with van der Waals surface area (Å²) in [6, 6.07) is 0.550. The Hall–Kier alpha value is -0.570. The van der Waals surface area contributed by atoms with E-state index in [-0.39, 0.29) is 5.91 Å². The standard InChI is InChI=1S/C14H26N2O/c1-13(2,3)10-6-8-14(9-7-10,12(15)17)16-11-4-5-11/h10-11,16H,4-9H2,1-3H3,(H2,15,17). The maximum Gasteiger partial charge on any atom is 0.237 e. The van der Waals surface area contributed by atoms with Crippen molar-refractivity contribution in [1.29, 1.82) is 0 Å². The molecule has 0 aromatic rings. The number of hydrogen-bond acceptors (Lipinski definition) is 2. The summed E-state index contributed by atoms with van der Waals surface area (Å²) >= 11 is 0. The van der Waals surface area contributed by atoms with Gasteiger partial charge in [-0.05, 0) is 49.9 Å². The van der Waals surface area contributed by atoms with Gasteiger partial charge in [0.1, 0.15) is 0 Å². The molecule has 0 radical (unpaired) electrons. The Bertz CT molecular complexity index is 294. The number of primary amides is 1. The van der Waals surface area contributed by atoms with Crippen LogP contribution in [0.3, 0.4) is 0 Å². The van der Waals surface area contributed by atoms with Gasteiger partial charge in [0.25, 0.3) is 0 Å². The maximum absolute atomic E-state index is 11.8. The highest BCUT2D eigenvalue weighted by molar-refractivity contribution is 5.84. The van der Waals surface area contributed by atoms with Crippen LogP contribution in [0, 0.1) is 11.3 Å².